The molecule has 8 heteroatoms. The molecule has 0 aromatic heterocycles. The van der Waals surface area contributed by atoms with Gasteiger partial charge in [-0.3, -0.25) is 0 Å². The highest BCUT2D eigenvalue weighted by atomic mass is 127. The average molecular weight is 441 g/mol. The van der Waals surface area contributed by atoms with Crippen LogP contribution in [0.15, 0.2) is 29.3 Å². The maximum absolute atomic E-state index is 11.1. The van der Waals surface area contributed by atoms with Gasteiger partial charge < -0.3 is 15.4 Å². The molecule has 0 aliphatic heterocycles. The van der Waals surface area contributed by atoms with Crippen molar-refractivity contribution >= 4 is 39.8 Å². The molecule has 1 aromatic rings. The molecular formula is C14H24IN3O3S. The Morgan fingerprint density at radius 1 is 1.23 bits per heavy atom. The first-order valence-corrected chi connectivity index (χ1v) is 8.83. The summed E-state index contributed by atoms with van der Waals surface area (Å²) in [6.07, 6.45) is 1.22. The van der Waals surface area contributed by atoms with E-state index in [1.807, 2.05) is 31.2 Å². The third-order valence-electron chi connectivity index (χ3n) is 2.69. The van der Waals surface area contributed by atoms with Gasteiger partial charge in [0.2, 0.25) is 0 Å². The Labute approximate surface area is 149 Å². The Balaban J connectivity index is 0.00000441. The molecule has 0 spiro atoms. The van der Waals surface area contributed by atoms with Crippen molar-refractivity contribution in [3.8, 4) is 5.75 Å². The van der Waals surface area contributed by atoms with E-state index in [4.69, 9.17) is 4.74 Å². The van der Waals surface area contributed by atoms with Crippen molar-refractivity contribution in [2.75, 3.05) is 32.2 Å². The highest BCUT2D eigenvalue weighted by Gasteiger charge is 2.03. The quantitative estimate of drug-likeness (QED) is 0.380. The second-order valence-electron chi connectivity index (χ2n) is 4.60. The maximum atomic E-state index is 11.1. The number of rotatable bonds is 7. The number of ether oxygens (including phenoxy) is 1. The van der Waals surface area contributed by atoms with E-state index < -0.39 is 9.84 Å². The van der Waals surface area contributed by atoms with Gasteiger partial charge >= 0.3 is 0 Å². The molecule has 0 heterocycles. The molecule has 0 saturated carbocycles. The predicted octanol–water partition coefficient (Wildman–Crippen LogP) is 1.41. The van der Waals surface area contributed by atoms with Crippen molar-refractivity contribution in [2.45, 2.75) is 13.5 Å². The van der Waals surface area contributed by atoms with E-state index in [-0.39, 0.29) is 29.7 Å². The Morgan fingerprint density at radius 3 is 2.36 bits per heavy atom. The second kappa shape index (κ2) is 10.7. The van der Waals surface area contributed by atoms with Crippen LogP contribution in [0.1, 0.15) is 12.5 Å². The number of methoxy groups -OCH3 is 1. The Bertz CT molecular complexity index is 559. The van der Waals surface area contributed by atoms with Gasteiger partial charge in [-0.2, -0.15) is 0 Å². The van der Waals surface area contributed by atoms with Crippen LogP contribution in [0.3, 0.4) is 0 Å². The fourth-order valence-electron chi connectivity index (χ4n) is 1.60. The summed E-state index contributed by atoms with van der Waals surface area (Å²) in [7, 11) is -1.34. The highest BCUT2D eigenvalue weighted by Crippen LogP contribution is 2.11. The fraction of sp³-hybridized carbons (Fsp3) is 0.500. The van der Waals surface area contributed by atoms with E-state index in [0.29, 0.717) is 25.6 Å². The molecule has 0 aliphatic carbocycles. The molecule has 1 rings (SSSR count). The monoisotopic (exact) mass is 441 g/mol. The zero-order chi connectivity index (χ0) is 15.7. The second-order valence-corrected chi connectivity index (χ2v) is 6.86. The smallest absolute Gasteiger partial charge is 0.191 e. The molecule has 126 valence electrons. The van der Waals surface area contributed by atoms with E-state index in [2.05, 4.69) is 15.6 Å². The lowest BCUT2D eigenvalue weighted by Crippen LogP contribution is -2.39. The van der Waals surface area contributed by atoms with Crippen molar-refractivity contribution in [2.24, 2.45) is 4.99 Å². The van der Waals surface area contributed by atoms with Gasteiger partial charge in [0.25, 0.3) is 0 Å². The third kappa shape index (κ3) is 9.08. The Kier molecular flexibility index (Phi) is 10.2. The summed E-state index contributed by atoms with van der Waals surface area (Å²) in [6, 6.07) is 7.66. The van der Waals surface area contributed by atoms with Gasteiger partial charge in [0.15, 0.2) is 5.96 Å². The van der Waals surface area contributed by atoms with Gasteiger partial charge in [-0.05, 0) is 24.6 Å². The molecule has 1 aromatic carbocycles. The van der Waals surface area contributed by atoms with Crippen LogP contribution in [0.4, 0.5) is 0 Å². The van der Waals surface area contributed by atoms with Crippen LogP contribution < -0.4 is 15.4 Å². The van der Waals surface area contributed by atoms with Crippen molar-refractivity contribution in [1.82, 2.24) is 10.6 Å². The number of nitrogens with one attached hydrogen (secondary N) is 2. The van der Waals surface area contributed by atoms with Crippen LogP contribution in [-0.2, 0) is 16.4 Å². The van der Waals surface area contributed by atoms with Crippen molar-refractivity contribution < 1.29 is 13.2 Å². The van der Waals surface area contributed by atoms with E-state index >= 15 is 0 Å². The number of guanidine groups is 1. The van der Waals surface area contributed by atoms with E-state index in [1.54, 1.807) is 7.11 Å². The SMILES string of the molecule is CCNC(=NCc1ccc(OC)cc1)NCCS(C)(=O)=O.I. The summed E-state index contributed by atoms with van der Waals surface area (Å²) in [4.78, 5) is 4.42. The molecule has 0 amide bonds. The van der Waals surface area contributed by atoms with E-state index in [1.165, 1.54) is 6.26 Å². The lowest BCUT2D eigenvalue weighted by molar-refractivity contribution is 0.414. The van der Waals surface area contributed by atoms with E-state index in [0.717, 1.165) is 11.3 Å². The van der Waals surface area contributed by atoms with Crippen LogP contribution in [-0.4, -0.2) is 46.6 Å². The number of hydrogen-bond donors (Lipinski definition) is 2. The van der Waals surface area contributed by atoms with E-state index in [9.17, 15) is 8.42 Å². The summed E-state index contributed by atoms with van der Waals surface area (Å²) >= 11 is 0. The van der Waals surface area contributed by atoms with Gasteiger partial charge in [0.1, 0.15) is 15.6 Å². The summed E-state index contributed by atoms with van der Waals surface area (Å²) in [5, 5.41) is 6.09. The zero-order valence-electron chi connectivity index (χ0n) is 13.1. The third-order valence-corrected chi connectivity index (χ3v) is 3.63. The maximum Gasteiger partial charge on any atom is 0.191 e. The molecule has 0 saturated heterocycles. The number of aliphatic imine (C=N–C) groups is 1. The van der Waals surface area contributed by atoms with Gasteiger partial charge in [-0.25, -0.2) is 13.4 Å². The predicted molar refractivity (Wildman–Crippen MR) is 101 cm³/mol. The summed E-state index contributed by atoms with van der Waals surface area (Å²) in [5.74, 6) is 1.50. The standard InChI is InChI=1S/C14H23N3O3S.HI/c1-4-15-14(16-9-10-21(3,18)19)17-11-12-5-7-13(20-2)8-6-12;/h5-8H,4,9-11H2,1-3H3,(H2,15,16,17);1H. The molecule has 0 bridgehead atoms. The number of hydrogen-bond acceptors (Lipinski definition) is 4. The zero-order valence-corrected chi connectivity index (χ0v) is 16.3. The van der Waals surface area contributed by atoms with Crippen LogP contribution in [0.2, 0.25) is 0 Å². The lowest BCUT2D eigenvalue weighted by Gasteiger charge is -2.10. The summed E-state index contributed by atoms with van der Waals surface area (Å²) in [6.45, 7) is 3.53. The first-order valence-electron chi connectivity index (χ1n) is 6.77. The molecule has 0 atom stereocenters. The topological polar surface area (TPSA) is 79.8 Å². The van der Waals surface area contributed by atoms with Crippen LogP contribution in [0.25, 0.3) is 0 Å². The minimum absolute atomic E-state index is 0. The van der Waals surface area contributed by atoms with Crippen LogP contribution >= 0.6 is 24.0 Å². The fourth-order valence-corrected chi connectivity index (χ4v) is 2.07. The van der Waals surface area contributed by atoms with Gasteiger partial charge in [-0.15, -0.1) is 24.0 Å². The summed E-state index contributed by atoms with van der Waals surface area (Å²) in [5.41, 5.74) is 1.05. The molecule has 0 unspecified atom stereocenters. The minimum Gasteiger partial charge on any atom is -0.497 e. The molecule has 6 nitrogen and oxygen atoms in total. The first kappa shape index (κ1) is 21.0. The first-order chi connectivity index (χ1) is 9.94. The summed E-state index contributed by atoms with van der Waals surface area (Å²) < 4.78 is 27.3. The molecule has 0 aliphatic rings. The van der Waals surface area contributed by atoms with Gasteiger partial charge in [-0.1, -0.05) is 12.1 Å². The number of halogens is 1. The largest absolute Gasteiger partial charge is 0.497 e. The average Bonchev–Trinajstić information content (AvgIpc) is 2.44. The van der Waals surface area contributed by atoms with Crippen LogP contribution in [0, 0.1) is 0 Å². The normalized spacial score (nSPS) is 11.5. The Hall–Kier alpha value is -1.03. The molecule has 0 radical (unpaired) electrons. The minimum atomic E-state index is -2.97. The van der Waals surface area contributed by atoms with Gasteiger partial charge in [0.05, 0.1) is 19.4 Å². The van der Waals surface area contributed by atoms with Crippen molar-refractivity contribution in [3.05, 3.63) is 29.8 Å². The molecule has 22 heavy (non-hydrogen) atoms. The van der Waals surface area contributed by atoms with Crippen LogP contribution in [0.5, 0.6) is 5.75 Å². The molecule has 0 fully saturated rings. The van der Waals surface area contributed by atoms with Crippen molar-refractivity contribution in [3.63, 3.8) is 0 Å². The molecule has 2 N–H and O–H groups in total. The molecular weight excluding hydrogens is 417 g/mol. The number of sulfone groups is 1. The highest BCUT2D eigenvalue weighted by molar-refractivity contribution is 14.0. The van der Waals surface area contributed by atoms with Crippen molar-refractivity contribution in [1.29, 1.82) is 0 Å². The number of nitrogens with zero attached hydrogens (tertiary/aromatic N) is 1. The van der Waals surface area contributed by atoms with Gasteiger partial charge in [0, 0.05) is 19.3 Å². The lowest BCUT2D eigenvalue weighted by atomic mass is 10.2. The number of benzene rings is 1. The Morgan fingerprint density at radius 2 is 1.86 bits per heavy atom.